The minimum atomic E-state index is -4.58. The predicted octanol–water partition coefficient (Wildman–Crippen LogP) is 4.98. The second-order valence-corrected chi connectivity index (χ2v) is 5.23. The molecule has 7 heteroatoms. The van der Waals surface area contributed by atoms with Crippen molar-refractivity contribution in [3.05, 3.63) is 70.8 Å². The fourth-order valence-corrected chi connectivity index (χ4v) is 2.15. The highest BCUT2D eigenvalue weighted by Crippen LogP contribution is 2.36. The van der Waals surface area contributed by atoms with Gasteiger partial charge in [0.05, 0.1) is 11.1 Å². The fourth-order valence-electron chi connectivity index (χ4n) is 2.15. The van der Waals surface area contributed by atoms with E-state index in [1.165, 1.54) is 13.0 Å². The summed E-state index contributed by atoms with van der Waals surface area (Å²) in [5, 5.41) is 10.5. The van der Waals surface area contributed by atoms with Crippen LogP contribution in [0.25, 0.3) is 0 Å². The monoisotopic (exact) mass is 334 g/mol. The minimum absolute atomic E-state index is 0.0600. The van der Waals surface area contributed by atoms with Crippen molar-refractivity contribution in [2.45, 2.75) is 24.9 Å². The molecule has 0 radical (unpaired) electrons. The largest absolute Gasteiger partial charge is 0.416 e. The van der Waals surface area contributed by atoms with Crippen LogP contribution in [0.4, 0.5) is 26.3 Å². The molecular weight excluding hydrogens is 322 g/mol. The van der Waals surface area contributed by atoms with Crippen LogP contribution in [0.2, 0.25) is 0 Å². The molecule has 1 atom stereocenters. The summed E-state index contributed by atoms with van der Waals surface area (Å²) in [6.07, 6.45) is -9.10. The number of rotatable bonds is 2. The van der Waals surface area contributed by atoms with E-state index in [1.54, 1.807) is 0 Å². The molecule has 0 aromatic heterocycles. The third-order valence-electron chi connectivity index (χ3n) is 3.53. The Balaban J connectivity index is 2.42. The van der Waals surface area contributed by atoms with Gasteiger partial charge in [-0.2, -0.15) is 26.3 Å². The van der Waals surface area contributed by atoms with E-state index in [2.05, 4.69) is 0 Å². The van der Waals surface area contributed by atoms with Crippen molar-refractivity contribution in [2.75, 3.05) is 0 Å². The number of aliphatic hydroxyl groups is 1. The first-order valence-electron chi connectivity index (χ1n) is 6.50. The first-order chi connectivity index (χ1) is 10.4. The highest BCUT2D eigenvalue weighted by Gasteiger charge is 2.34. The number of benzene rings is 2. The quantitative estimate of drug-likeness (QED) is 0.768. The molecule has 124 valence electrons. The molecule has 0 amide bonds. The van der Waals surface area contributed by atoms with Gasteiger partial charge in [0, 0.05) is 0 Å². The van der Waals surface area contributed by atoms with E-state index < -0.39 is 29.1 Å². The average Bonchev–Trinajstić information content (AvgIpc) is 2.46. The van der Waals surface area contributed by atoms with Crippen molar-refractivity contribution in [3.63, 3.8) is 0 Å². The first-order valence-corrected chi connectivity index (χ1v) is 6.50. The Morgan fingerprint density at radius 3 is 1.57 bits per heavy atom. The number of hydrogen-bond acceptors (Lipinski definition) is 1. The zero-order chi connectivity index (χ0) is 17.5. The summed E-state index contributed by atoms with van der Waals surface area (Å²) in [5.41, 5.74) is -3.70. The number of alkyl halides is 6. The minimum Gasteiger partial charge on any atom is -0.381 e. The third-order valence-corrected chi connectivity index (χ3v) is 3.53. The molecule has 2 aromatic rings. The fraction of sp³-hybridized carbons (Fsp3) is 0.250. The van der Waals surface area contributed by atoms with Crippen molar-refractivity contribution in [1.29, 1.82) is 0 Å². The van der Waals surface area contributed by atoms with E-state index in [4.69, 9.17) is 0 Å². The Morgan fingerprint density at radius 2 is 1.09 bits per heavy atom. The van der Waals surface area contributed by atoms with Crippen molar-refractivity contribution in [1.82, 2.24) is 0 Å². The Hall–Kier alpha value is -2.02. The number of halogens is 6. The van der Waals surface area contributed by atoms with Crippen LogP contribution < -0.4 is 0 Å². The zero-order valence-electron chi connectivity index (χ0n) is 11.8. The van der Waals surface area contributed by atoms with Gasteiger partial charge < -0.3 is 5.11 Å². The van der Waals surface area contributed by atoms with Gasteiger partial charge in [-0.05, 0) is 42.3 Å². The molecule has 1 N–H and O–H groups in total. The summed E-state index contributed by atoms with van der Waals surface area (Å²) in [6.45, 7) is 1.23. The molecular formula is C16H12F6O. The lowest BCUT2D eigenvalue weighted by Gasteiger charge is -2.25. The molecule has 0 aliphatic heterocycles. The molecule has 0 spiro atoms. The number of hydrogen-bond donors (Lipinski definition) is 1. The van der Waals surface area contributed by atoms with Gasteiger partial charge in [-0.25, -0.2) is 0 Å². The SMILES string of the molecule is CC(O)(c1ccc(C(F)(F)F)cc1)c1cccc(C(F)(F)F)c1. The topological polar surface area (TPSA) is 20.2 Å². The normalized spacial score (nSPS) is 15.3. The first kappa shape index (κ1) is 17.3. The van der Waals surface area contributed by atoms with Crippen molar-refractivity contribution in [2.24, 2.45) is 0 Å². The van der Waals surface area contributed by atoms with Crippen LogP contribution in [-0.2, 0) is 18.0 Å². The highest BCUT2D eigenvalue weighted by atomic mass is 19.4. The molecule has 23 heavy (non-hydrogen) atoms. The van der Waals surface area contributed by atoms with Crippen LogP contribution in [-0.4, -0.2) is 5.11 Å². The van der Waals surface area contributed by atoms with Crippen molar-refractivity contribution < 1.29 is 31.4 Å². The molecule has 0 bridgehead atoms. The molecule has 0 aliphatic rings. The lowest BCUT2D eigenvalue weighted by molar-refractivity contribution is -0.138. The average molecular weight is 334 g/mol. The summed E-state index contributed by atoms with van der Waals surface area (Å²) >= 11 is 0. The van der Waals surface area contributed by atoms with Gasteiger partial charge in [0.2, 0.25) is 0 Å². The van der Waals surface area contributed by atoms with Crippen LogP contribution in [0.5, 0.6) is 0 Å². The van der Waals surface area contributed by atoms with Crippen LogP contribution >= 0.6 is 0 Å². The van der Waals surface area contributed by atoms with Crippen molar-refractivity contribution in [3.8, 4) is 0 Å². The summed E-state index contributed by atoms with van der Waals surface area (Å²) in [5.74, 6) is 0. The molecule has 2 aromatic carbocycles. The summed E-state index contributed by atoms with van der Waals surface area (Å²) in [6, 6.07) is 7.69. The predicted molar refractivity (Wildman–Crippen MR) is 71.6 cm³/mol. The summed E-state index contributed by atoms with van der Waals surface area (Å²) in [7, 11) is 0. The second kappa shape index (κ2) is 5.56. The smallest absolute Gasteiger partial charge is 0.381 e. The Labute approximate surface area is 128 Å². The van der Waals surface area contributed by atoms with E-state index in [9.17, 15) is 31.4 Å². The van der Waals surface area contributed by atoms with Gasteiger partial charge >= 0.3 is 12.4 Å². The molecule has 0 fully saturated rings. The Bertz CT molecular complexity index is 683. The van der Waals surface area contributed by atoms with Crippen LogP contribution in [0, 0.1) is 0 Å². The molecule has 0 saturated carbocycles. The van der Waals surface area contributed by atoms with Gasteiger partial charge in [-0.15, -0.1) is 0 Å². The van der Waals surface area contributed by atoms with E-state index >= 15 is 0 Å². The van der Waals surface area contributed by atoms with Crippen molar-refractivity contribution >= 4 is 0 Å². The lowest BCUT2D eigenvalue weighted by atomic mass is 9.87. The maximum absolute atomic E-state index is 12.7. The van der Waals surface area contributed by atoms with E-state index in [1.807, 2.05) is 0 Å². The summed E-state index contributed by atoms with van der Waals surface area (Å²) < 4.78 is 75.8. The lowest BCUT2D eigenvalue weighted by Crippen LogP contribution is -2.23. The van der Waals surface area contributed by atoms with Gasteiger partial charge in [0.15, 0.2) is 0 Å². The zero-order valence-corrected chi connectivity index (χ0v) is 11.8. The third kappa shape index (κ3) is 3.67. The Morgan fingerprint density at radius 1 is 0.652 bits per heavy atom. The maximum atomic E-state index is 12.7. The van der Waals surface area contributed by atoms with E-state index in [-0.39, 0.29) is 11.1 Å². The summed E-state index contributed by atoms with van der Waals surface area (Å²) in [4.78, 5) is 0. The molecule has 1 unspecified atom stereocenters. The molecule has 0 aliphatic carbocycles. The standard InChI is InChI=1S/C16H12F6O/c1-14(23,10-5-7-11(8-6-10)15(17,18)19)12-3-2-4-13(9-12)16(20,21)22/h2-9,23H,1H3. The van der Waals surface area contributed by atoms with E-state index in [0.717, 1.165) is 42.5 Å². The van der Waals surface area contributed by atoms with E-state index in [0.29, 0.717) is 0 Å². The molecule has 2 rings (SSSR count). The Kier molecular flexibility index (Phi) is 4.19. The van der Waals surface area contributed by atoms with Gasteiger partial charge in [-0.1, -0.05) is 24.3 Å². The van der Waals surface area contributed by atoms with Gasteiger partial charge in [0.1, 0.15) is 5.60 Å². The highest BCUT2D eigenvalue weighted by molar-refractivity contribution is 5.39. The van der Waals surface area contributed by atoms with Gasteiger partial charge in [-0.3, -0.25) is 0 Å². The second-order valence-electron chi connectivity index (χ2n) is 5.23. The molecule has 0 saturated heterocycles. The van der Waals surface area contributed by atoms with Gasteiger partial charge in [0.25, 0.3) is 0 Å². The molecule has 1 nitrogen and oxygen atoms in total. The maximum Gasteiger partial charge on any atom is 0.416 e. The van der Waals surface area contributed by atoms with Crippen LogP contribution in [0.3, 0.4) is 0 Å². The van der Waals surface area contributed by atoms with Crippen LogP contribution in [0.1, 0.15) is 29.2 Å². The molecule has 0 heterocycles. The van der Waals surface area contributed by atoms with Crippen LogP contribution in [0.15, 0.2) is 48.5 Å².